The Morgan fingerprint density at radius 1 is 0.884 bits per heavy atom. The Morgan fingerprint density at radius 3 is 2.07 bits per heavy atom. The molecule has 0 radical (unpaired) electrons. The van der Waals surface area contributed by atoms with Gasteiger partial charge in [-0.2, -0.15) is 10.2 Å². The lowest BCUT2D eigenvalue weighted by Crippen LogP contribution is -2.44. The van der Waals surface area contributed by atoms with Crippen molar-refractivity contribution in [3.8, 4) is 0 Å². The highest BCUT2D eigenvalue weighted by molar-refractivity contribution is 5.94. The number of hydrogen-bond acceptors (Lipinski definition) is 8. The van der Waals surface area contributed by atoms with Crippen LogP contribution in [-0.2, 0) is 19.1 Å². The van der Waals surface area contributed by atoms with Crippen LogP contribution in [0.1, 0.15) is 68.6 Å². The number of amides is 2. The van der Waals surface area contributed by atoms with Crippen LogP contribution >= 0.6 is 0 Å². The predicted molar refractivity (Wildman–Crippen MR) is 164 cm³/mol. The Bertz CT molecular complexity index is 1250. The molecule has 3 rings (SSSR count). The van der Waals surface area contributed by atoms with E-state index in [-0.39, 0.29) is 36.7 Å². The van der Waals surface area contributed by atoms with Crippen molar-refractivity contribution in [3.05, 3.63) is 54.1 Å². The number of nitrogens with zero attached hydrogens (tertiary/aromatic N) is 4. The highest BCUT2D eigenvalue weighted by atomic mass is 16.5. The van der Waals surface area contributed by atoms with Gasteiger partial charge in [0.25, 0.3) is 5.91 Å². The molecule has 0 bridgehead atoms. The number of carbonyl (C=O) groups excluding carboxylic acids is 3. The van der Waals surface area contributed by atoms with Crippen molar-refractivity contribution in [2.45, 2.75) is 58.3 Å². The summed E-state index contributed by atoms with van der Waals surface area (Å²) in [6.07, 6.45) is 3.92. The van der Waals surface area contributed by atoms with E-state index in [0.29, 0.717) is 37.3 Å². The summed E-state index contributed by atoms with van der Waals surface area (Å²) in [5.74, 6) is -1.56. The zero-order valence-electron chi connectivity index (χ0n) is 25.4. The van der Waals surface area contributed by atoms with Crippen LogP contribution < -0.4 is 10.2 Å². The summed E-state index contributed by atoms with van der Waals surface area (Å²) >= 11 is 0. The van der Waals surface area contributed by atoms with Gasteiger partial charge in [-0.1, -0.05) is 13.3 Å². The molecule has 0 aromatic heterocycles. The predicted octanol–water partition coefficient (Wildman–Crippen LogP) is 5.49. The van der Waals surface area contributed by atoms with Gasteiger partial charge in [0, 0.05) is 56.8 Å². The summed E-state index contributed by atoms with van der Waals surface area (Å²) in [4.78, 5) is 51.3. The third-order valence-electron chi connectivity index (χ3n) is 7.58. The third-order valence-corrected chi connectivity index (χ3v) is 7.58. The molecule has 1 aliphatic heterocycles. The summed E-state index contributed by atoms with van der Waals surface area (Å²) < 4.78 is 5.27. The molecule has 2 amide bonds. The van der Waals surface area contributed by atoms with Crippen LogP contribution in [0.4, 0.5) is 17.1 Å². The number of carbonyl (C=O) groups is 4. The van der Waals surface area contributed by atoms with Gasteiger partial charge < -0.3 is 25.0 Å². The third kappa shape index (κ3) is 11.5. The maximum Gasteiger partial charge on any atom is 0.306 e. The molecule has 1 fully saturated rings. The first-order valence-corrected chi connectivity index (χ1v) is 14.8. The second-order valence-corrected chi connectivity index (χ2v) is 11.5. The molecular formula is C32H43N5O6. The number of benzene rings is 2. The minimum absolute atomic E-state index is 0.118. The first-order valence-electron chi connectivity index (χ1n) is 14.8. The average Bonchev–Trinajstić information content (AvgIpc) is 3.00. The fourth-order valence-electron chi connectivity index (χ4n) is 4.63. The number of rotatable bonds is 15. The molecule has 0 atom stereocenters. The lowest BCUT2D eigenvalue weighted by molar-refractivity contribution is -0.151. The summed E-state index contributed by atoms with van der Waals surface area (Å²) in [6.45, 7) is 4.02. The second-order valence-electron chi connectivity index (χ2n) is 11.5. The maximum absolute atomic E-state index is 12.6. The molecule has 0 unspecified atom stereocenters. The number of nitrogens with one attached hydrogen (secondary N) is 1. The van der Waals surface area contributed by atoms with Gasteiger partial charge in [-0.15, -0.1) is 0 Å². The minimum atomic E-state index is -1.02. The van der Waals surface area contributed by atoms with Gasteiger partial charge >= 0.3 is 11.9 Å². The van der Waals surface area contributed by atoms with Crippen LogP contribution in [0, 0.1) is 5.41 Å². The number of aliphatic carboxylic acids is 1. The van der Waals surface area contributed by atoms with Crippen LogP contribution in [0.25, 0.3) is 0 Å². The van der Waals surface area contributed by atoms with Crippen molar-refractivity contribution in [1.29, 1.82) is 0 Å². The van der Waals surface area contributed by atoms with Gasteiger partial charge in [-0.3, -0.25) is 19.2 Å². The van der Waals surface area contributed by atoms with E-state index in [1.165, 1.54) is 0 Å². The number of carboxylic acids is 1. The lowest BCUT2D eigenvalue weighted by atomic mass is 9.81. The zero-order valence-corrected chi connectivity index (χ0v) is 25.4. The van der Waals surface area contributed by atoms with Crippen LogP contribution in [-0.4, -0.2) is 74.1 Å². The van der Waals surface area contributed by atoms with Gasteiger partial charge in [0.2, 0.25) is 5.91 Å². The highest BCUT2D eigenvalue weighted by Crippen LogP contribution is 2.31. The number of esters is 1. The number of likely N-dealkylation sites (tertiary alicyclic amines) is 1. The molecule has 2 N–H and O–H groups in total. The topological polar surface area (TPSA) is 141 Å². The molecule has 2 aromatic carbocycles. The zero-order chi connectivity index (χ0) is 31.2. The highest BCUT2D eigenvalue weighted by Gasteiger charge is 2.33. The Labute approximate surface area is 253 Å². The molecule has 0 aliphatic carbocycles. The van der Waals surface area contributed by atoms with Crippen LogP contribution in [0.15, 0.2) is 58.8 Å². The Balaban J connectivity index is 1.27. The summed E-state index contributed by atoms with van der Waals surface area (Å²) in [5.41, 5.74) is 2.84. The van der Waals surface area contributed by atoms with E-state index in [1.807, 2.05) is 55.1 Å². The van der Waals surface area contributed by atoms with Gasteiger partial charge in [0.15, 0.2) is 0 Å². The normalized spacial score (nSPS) is 14.3. The standard InChI is InChI=1S/C32H43N5O6/c1-32(23-43-30(41)17-16-29(39)40)18-21-37(22-19-32)28(38)7-5-4-6-20-33-31(42)24-8-10-25(11-9-24)34-35-26-12-14-27(15-13-26)36(2)3/h8-15H,4-7,16-23H2,1-3H3,(H,33,42)(H,39,40). The first-order chi connectivity index (χ1) is 20.5. The molecule has 43 heavy (non-hydrogen) atoms. The van der Waals surface area contributed by atoms with E-state index in [1.54, 1.807) is 24.3 Å². The fourth-order valence-corrected chi connectivity index (χ4v) is 4.63. The number of anilines is 1. The molecular weight excluding hydrogens is 550 g/mol. The second kappa shape index (κ2) is 16.4. The maximum atomic E-state index is 12.6. The van der Waals surface area contributed by atoms with Gasteiger partial charge in [0.05, 0.1) is 30.8 Å². The van der Waals surface area contributed by atoms with E-state index in [9.17, 15) is 19.2 Å². The van der Waals surface area contributed by atoms with E-state index < -0.39 is 11.9 Å². The number of hydrogen-bond donors (Lipinski definition) is 2. The molecule has 1 aliphatic rings. The van der Waals surface area contributed by atoms with Crippen molar-refractivity contribution in [3.63, 3.8) is 0 Å². The van der Waals surface area contributed by atoms with Crippen LogP contribution in [0.5, 0.6) is 0 Å². The average molecular weight is 594 g/mol. The van der Waals surface area contributed by atoms with Crippen molar-refractivity contribution < 1.29 is 29.0 Å². The lowest BCUT2D eigenvalue weighted by Gasteiger charge is -2.39. The first kappa shape index (κ1) is 33.2. The number of carboxylic acid groups (broad SMARTS) is 1. The van der Waals surface area contributed by atoms with E-state index in [0.717, 1.165) is 43.5 Å². The van der Waals surface area contributed by atoms with E-state index in [4.69, 9.17) is 9.84 Å². The summed E-state index contributed by atoms with van der Waals surface area (Å²) in [6, 6.07) is 14.7. The molecule has 0 saturated carbocycles. The number of azo groups is 1. The van der Waals surface area contributed by atoms with E-state index >= 15 is 0 Å². The largest absolute Gasteiger partial charge is 0.481 e. The molecule has 232 valence electrons. The monoisotopic (exact) mass is 593 g/mol. The molecule has 11 heteroatoms. The van der Waals surface area contributed by atoms with Gasteiger partial charge in [-0.05, 0) is 74.2 Å². The van der Waals surface area contributed by atoms with Gasteiger partial charge in [0.1, 0.15) is 0 Å². The SMILES string of the molecule is CN(C)c1ccc(N=Nc2ccc(C(=O)NCCCCCC(=O)N3CCC(C)(COC(=O)CCC(=O)O)CC3)cc2)cc1. The number of ether oxygens (including phenoxy) is 1. The van der Waals surface area contributed by atoms with E-state index in [2.05, 4.69) is 15.5 Å². The Hall–Kier alpha value is -4.28. The van der Waals surface area contributed by atoms with Crippen LogP contribution in [0.3, 0.4) is 0 Å². The van der Waals surface area contributed by atoms with Gasteiger partial charge in [-0.25, -0.2) is 0 Å². The molecule has 1 saturated heterocycles. The molecule has 1 heterocycles. The van der Waals surface area contributed by atoms with Crippen molar-refractivity contribution in [1.82, 2.24) is 10.2 Å². The molecule has 2 aromatic rings. The van der Waals surface area contributed by atoms with Crippen molar-refractivity contribution >= 4 is 40.8 Å². The van der Waals surface area contributed by atoms with Crippen LogP contribution in [0.2, 0.25) is 0 Å². The van der Waals surface area contributed by atoms with Crippen molar-refractivity contribution in [2.75, 3.05) is 45.2 Å². The molecule has 11 nitrogen and oxygen atoms in total. The Kier molecular flexibility index (Phi) is 12.7. The number of unbranched alkanes of at least 4 members (excludes halogenated alkanes) is 2. The Morgan fingerprint density at radius 2 is 1.49 bits per heavy atom. The smallest absolute Gasteiger partial charge is 0.306 e. The molecule has 0 spiro atoms. The summed E-state index contributed by atoms with van der Waals surface area (Å²) in [7, 11) is 3.96. The minimum Gasteiger partial charge on any atom is -0.481 e. The quantitative estimate of drug-likeness (QED) is 0.158. The fraction of sp³-hybridized carbons (Fsp3) is 0.500. The summed E-state index contributed by atoms with van der Waals surface area (Å²) in [5, 5.41) is 20.1. The van der Waals surface area contributed by atoms with Crippen molar-refractivity contribution in [2.24, 2.45) is 15.6 Å². The number of piperidine rings is 1.